The maximum atomic E-state index is 12.3. The van der Waals surface area contributed by atoms with Gasteiger partial charge in [0.2, 0.25) is 5.91 Å². The molecule has 1 aliphatic heterocycles. The highest BCUT2D eigenvalue weighted by atomic mass is 32.2. The van der Waals surface area contributed by atoms with E-state index in [1.54, 1.807) is 30.8 Å². The maximum absolute atomic E-state index is 12.3. The quantitative estimate of drug-likeness (QED) is 0.858. The average molecular weight is 340 g/mol. The fourth-order valence-corrected chi connectivity index (χ4v) is 3.92. The summed E-state index contributed by atoms with van der Waals surface area (Å²) in [5.41, 5.74) is 2.84. The molecule has 0 aliphatic carbocycles. The molecular weight excluding hydrogens is 320 g/mol. The van der Waals surface area contributed by atoms with Crippen molar-refractivity contribution in [3.05, 3.63) is 71.3 Å². The van der Waals surface area contributed by atoms with Gasteiger partial charge in [0, 0.05) is 26.2 Å². The van der Waals surface area contributed by atoms with Crippen LogP contribution in [-0.2, 0) is 11.3 Å². The Hall–Kier alpha value is -2.27. The maximum Gasteiger partial charge on any atom is 0.253 e. The summed E-state index contributed by atoms with van der Waals surface area (Å²) in [6.45, 7) is 0.607. The van der Waals surface area contributed by atoms with Crippen molar-refractivity contribution in [3.63, 3.8) is 0 Å². The Morgan fingerprint density at radius 2 is 1.79 bits per heavy atom. The van der Waals surface area contributed by atoms with Crippen molar-refractivity contribution < 1.29 is 9.59 Å². The molecule has 0 N–H and O–H groups in total. The van der Waals surface area contributed by atoms with E-state index < -0.39 is 0 Å². The molecule has 1 atom stereocenters. The predicted octanol–water partition coefficient (Wildman–Crippen LogP) is 3.16. The molecule has 4 nitrogen and oxygen atoms in total. The minimum atomic E-state index is -0.0159. The Balaban J connectivity index is 1.79. The minimum Gasteiger partial charge on any atom is -0.345 e. The van der Waals surface area contributed by atoms with Crippen LogP contribution in [0.3, 0.4) is 0 Å². The van der Waals surface area contributed by atoms with Crippen LogP contribution < -0.4 is 0 Å². The van der Waals surface area contributed by atoms with E-state index in [0.717, 1.165) is 11.1 Å². The van der Waals surface area contributed by atoms with Gasteiger partial charge in [-0.2, -0.15) is 0 Å². The fourth-order valence-electron chi connectivity index (χ4n) is 2.73. The molecule has 0 saturated carbocycles. The van der Waals surface area contributed by atoms with Crippen molar-refractivity contribution in [1.82, 2.24) is 9.80 Å². The van der Waals surface area contributed by atoms with E-state index in [0.29, 0.717) is 17.9 Å². The highest BCUT2D eigenvalue weighted by Gasteiger charge is 2.32. The van der Waals surface area contributed by atoms with Gasteiger partial charge in [-0.1, -0.05) is 42.5 Å². The summed E-state index contributed by atoms with van der Waals surface area (Å²) in [5.74, 6) is 0.635. The van der Waals surface area contributed by atoms with E-state index >= 15 is 0 Å². The van der Waals surface area contributed by atoms with Gasteiger partial charge in [-0.05, 0) is 23.3 Å². The number of rotatable bonds is 4. The third-order valence-electron chi connectivity index (χ3n) is 4.01. The van der Waals surface area contributed by atoms with Crippen molar-refractivity contribution in [2.75, 3.05) is 19.8 Å². The summed E-state index contributed by atoms with van der Waals surface area (Å²) >= 11 is 1.63. The molecule has 1 unspecified atom stereocenters. The Labute approximate surface area is 146 Å². The van der Waals surface area contributed by atoms with Crippen LogP contribution in [0.5, 0.6) is 0 Å². The molecule has 1 fully saturated rings. The molecule has 0 aromatic heterocycles. The van der Waals surface area contributed by atoms with Gasteiger partial charge >= 0.3 is 0 Å². The van der Waals surface area contributed by atoms with Crippen LogP contribution in [0.25, 0.3) is 0 Å². The number of carbonyl (C=O) groups is 2. The monoisotopic (exact) mass is 340 g/mol. The van der Waals surface area contributed by atoms with E-state index in [2.05, 4.69) is 0 Å². The lowest BCUT2D eigenvalue weighted by Gasteiger charge is -2.24. The molecule has 1 saturated heterocycles. The topological polar surface area (TPSA) is 40.6 Å². The van der Waals surface area contributed by atoms with Gasteiger partial charge < -0.3 is 9.80 Å². The zero-order valence-corrected chi connectivity index (χ0v) is 14.6. The number of amides is 2. The second-order valence-corrected chi connectivity index (χ2v) is 7.06. The molecule has 124 valence electrons. The van der Waals surface area contributed by atoms with Gasteiger partial charge in [-0.3, -0.25) is 9.59 Å². The SMILES string of the molecule is CN(C)C(=O)c1ccc(C2SCC(=O)N2Cc2ccccc2)cc1. The standard InChI is InChI=1S/C19H20N2O2S/c1-20(2)18(23)15-8-10-16(11-9-15)19-21(17(22)13-24-19)12-14-6-4-3-5-7-14/h3-11,19H,12-13H2,1-2H3. The fraction of sp³-hybridized carbons (Fsp3) is 0.263. The Bertz CT molecular complexity index is 729. The second kappa shape index (κ2) is 7.09. The van der Waals surface area contributed by atoms with E-state index in [1.807, 2.05) is 59.5 Å². The number of nitrogens with zero attached hydrogens (tertiary/aromatic N) is 2. The molecular formula is C19H20N2O2S. The number of hydrogen-bond acceptors (Lipinski definition) is 3. The largest absolute Gasteiger partial charge is 0.345 e. The first-order valence-corrected chi connectivity index (χ1v) is 8.88. The second-order valence-electron chi connectivity index (χ2n) is 5.99. The van der Waals surface area contributed by atoms with E-state index in [9.17, 15) is 9.59 Å². The highest BCUT2D eigenvalue weighted by molar-refractivity contribution is 8.00. The van der Waals surface area contributed by atoms with Gasteiger partial charge in [0.1, 0.15) is 5.37 Å². The molecule has 5 heteroatoms. The van der Waals surface area contributed by atoms with Crippen LogP contribution in [0.1, 0.15) is 26.9 Å². The van der Waals surface area contributed by atoms with Crippen molar-refractivity contribution in [2.45, 2.75) is 11.9 Å². The third kappa shape index (κ3) is 3.46. The van der Waals surface area contributed by atoms with Gasteiger partial charge in [-0.15, -0.1) is 11.8 Å². The first-order valence-electron chi connectivity index (χ1n) is 7.83. The average Bonchev–Trinajstić information content (AvgIpc) is 2.96. The Morgan fingerprint density at radius 1 is 1.12 bits per heavy atom. The minimum absolute atomic E-state index is 0.00112. The molecule has 2 amide bonds. The van der Waals surface area contributed by atoms with Crippen LogP contribution in [0, 0.1) is 0 Å². The summed E-state index contributed by atoms with van der Waals surface area (Å²) < 4.78 is 0. The zero-order chi connectivity index (χ0) is 17.1. The first-order chi connectivity index (χ1) is 11.6. The van der Waals surface area contributed by atoms with Crippen molar-refractivity contribution in [2.24, 2.45) is 0 Å². The van der Waals surface area contributed by atoms with Gasteiger partial charge in [-0.25, -0.2) is 0 Å². The molecule has 3 rings (SSSR count). The molecule has 0 bridgehead atoms. The van der Waals surface area contributed by atoms with Crippen LogP contribution in [-0.4, -0.2) is 41.5 Å². The first kappa shape index (κ1) is 16.6. The van der Waals surface area contributed by atoms with Gasteiger partial charge in [0.05, 0.1) is 5.75 Å². The number of benzene rings is 2. The van der Waals surface area contributed by atoms with E-state index in [-0.39, 0.29) is 17.2 Å². The van der Waals surface area contributed by atoms with E-state index in [1.165, 1.54) is 0 Å². The van der Waals surface area contributed by atoms with Crippen LogP contribution in [0.15, 0.2) is 54.6 Å². The molecule has 2 aromatic rings. The molecule has 1 heterocycles. The number of thioether (sulfide) groups is 1. The summed E-state index contributed by atoms with van der Waals surface area (Å²) in [6.07, 6.45) is 0. The lowest BCUT2D eigenvalue weighted by atomic mass is 10.1. The molecule has 24 heavy (non-hydrogen) atoms. The number of carbonyl (C=O) groups excluding carboxylic acids is 2. The smallest absolute Gasteiger partial charge is 0.253 e. The van der Waals surface area contributed by atoms with Gasteiger partial charge in [0.25, 0.3) is 5.91 Å². The summed E-state index contributed by atoms with van der Waals surface area (Å²) in [7, 11) is 3.48. The lowest BCUT2D eigenvalue weighted by molar-refractivity contribution is -0.128. The summed E-state index contributed by atoms with van der Waals surface area (Å²) in [5, 5.41) is 0.00112. The highest BCUT2D eigenvalue weighted by Crippen LogP contribution is 2.39. The van der Waals surface area contributed by atoms with Crippen LogP contribution in [0.2, 0.25) is 0 Å². The molecule has 0 radical (unpaired) electrons. The van der Waals surface area contributed by atoms with Gasteiger partial charge in [0.15, 0.2) is 0 Å². The van der Waals surface area contributed by atoms with Crippen molar-refractivity contribution in [3.8, 4) is 0 Å². The number of hydrogen-bond donors (Lipinski definition) is 0. The summed E-state index contributed by atoms with van der Waals surface area (Å²) in [4.78, 5) is 27.7. The Kier molecular flexibility index (Phi) is 4.90. The zero-order valence-electron chi connectivity index (χ0n) is 13.8. The molecule has 2 aromatic carbocycles. The summed E-state index contributed by atoms with van der Waals surface area (Å²) in [6, 6.07) is 17.6. The Morgan fingerprint density at radius 3 is 2.42 bits per heavy atom. The predicted molar refractivity (Wildman–Crippen MR) is 96.7 cm³/mol. The van der Waals surface area contributed by atoms with Crippen LogP contribution in [0.4, 0.5) is 0 Å². The normalized spacial score (nSPS) is 17.2. The molecule has 0 spiro atoms. The van der Waals surface area contributed by atoms with Crippen LogP contribution >= 0.6 is 11.8 Å². The molecule has 1 aliphatic rings. The van der Waals surface area contributed by atoms with E-state index in [4.69, 9.17) is 0 Å². The van der Waals surface area contributed by atoms with Crippen molar-refractivity contribution in [1.29, 1.82) is 0 Å². The lowest BCUT2D eigenvalue weighted by Crippen LogP contribution is -2.27. The van der Waals surface area contributed by atoms with Crippen molar-refractivity contribution >= 4 is 23.6 Å². The third-order valence-corrected chi connectivity index (χ3v) is 5.27.